The maximum absolute atomic E-state index is 5.71. The Kier molecular flexibility index (Phi) is 9.30. The van der Waals surface area contributed by atoms with Crippen LogP contribution in [0.5, 0.6) is 0 Å². The van der Waals surface area contributed by atoms with Crippen LogP contribution in [-0.2, 0) is 37.5 Å². The summed E-state index contributed by atoms with van der Waals surface area (Å²) < 4.78 is 0. The van der Waals surface area contributed by atoms with Crippen LogP contribution < -0.4 is 4.90 Å². The molecule has 0 fully saturated rings. The summed E-state index contributed by atoms with van der Waals surface area (Å²) >= 11 is 0. The first-order chi connectivity index (χ1) is 28.9. The van der Waals surface area contributed by atoms with Crippen LogP contribution in [0.25, 0.3) is 34.1 Å². The minimum absolute atomic E-state index is 0.169. The van der Waals surface area contributed by atoms with Gasteiger partial charge in [-0.05, 0) is 158 Å². The zero-order valence-electron chi connectivity index (χ0n) is 34.3. The van der Waals surface area contributed by atoms with Gasteiger partial charge in [0.25, 0.3) is 0 Å². The molecule has 0 spiro atoms. The van der Waals surface area contributed by atoms with Gasteiger partial charge in [0.2, 0.25) is 0 Å². The Morgan fingerprint density at radius 1 is 0.661 bits per heavy atom. The summed E-state index contributed by atoms with van der Waals surface area (Å²) in [6, 6.07) is 54.8. The van der Waals surface area contributed by atoms with Crippen molar-refractivity contribution in [2.75, 3.05) is 4.90 Å². The molecule has 0 bridgehead atoms. The number of hydrogen-bond donors (Lipinski definition) is 0. The number of rotatable bonds is 6. The highest BCUT2D eigenvalue weighted by Gasteiger charge is 2.36. The number of benzene rings is 7. The van der Waals surface area contributed by atoms with Gasteiger partial charge < -0.3 is 4.90 Å². The Labute approximate surface area is 350 Å². The highest BCUT2D eigenvalue weighted by molar-refractivity contribution is 5.95. The standard InChI is InChI=1S/C58H49N/c1-5-6-24-56-39(2)34-46-18-10-12-25-57(46)59(56)48-31-33-53-52-32-27-40(35-54(52)58(3,4)55(53)38-48)26-28-43-19-13-23-51-45(20-14-22-50(43)51)37-47-36-44-17-8-7-15-41(44)29-30-42-16-9-11-21-49(42)47/h1,6-28,31-33,35,38,47H,29-30,34,36-37H2,2-4H3. The summed E-state index contributed by atoms with van der Waals surface area (Å²) in [6.45, 7) is 6.97. The molecule has 7 aromatic rings. The van der Waals surface area contributed by atoms with Crippen molar-refractivity contribution in [3.63, 3.8) is 0 Å². The van der Waals surface area contributed by atoms with E-state index in [2.05, 4.69) is 195 Å². The molecule has 3 aliphatic rings. The molecule has 286 valence electrons. The molecule has 0 N–H and O–H groups in total. The van der Waals surface area contributed by atoms with Crippen LogP contribution in [0.4, 0.5) is 11.4 Å². The quantitative estimate of drug-likeness (QED) is 0.121. The second-order valence-corrected chi connectivity index (χ2v) is 17.2. The lowest BCUT2D eigenvalue weighted by molar-refractivity contribution is 0.656. The molecular formula is C58H49N. The van der Waals surface area contributed by atoms with E-state index in [1.165, 1.54) is 88.8 Å². The van der Waals surface area contributed by atoms with Gasteiger partial charge in [-0.2, -0.15) is 0 Å². The van der Waals surface area contributed by atoms with Gasteiger partial charge in [-0.15, -0.1) is 6.42 Å². The highest BCUT2D eigenvalue weighted by atomic mass is 15.2. The summed E-state index contributed by atoms with van der Waals surface area (Å²) in [5, 5.41) is 2.66. The monoisotopic (exact) mass is 759 g/mol. The Balaban J connectivity index is 0.957. The van der Waals surface area contributed by atoms with E-state index in [4.69, 9.17) is 6.42 Å². The zero-order valence-corrected chi connectivity index (χ0v) is 34.3. The van der Waals surface area contributed by atoms with Crippen LogP contribution in [0.3, 0.4) is 0 Å². The van der Waals surface area contributed by atoms with Crippen LogP contribution >= 0.6 is 0 Å². The molecule has 0 radical (unpaired) electrons. The normalized spacial score (nSPS) is 16.6. The maximum atomic E-state index is 5.71. The van der Waals surface area contributed by atoms with Crippen molar-refractivity contribution >= 4 is 34.3 Å². The van der Waals surface area contributed by atoms with Crippen molar-refractivity contribution in [3.8, 4) is 23.5 Å². The number of para-hydroxylation sites is 1. The lowest BCUT2D eigenvalue weighted by Crippen LogP contribution is -2.23. The number of anilines is 2. The average Bonchev–Trinajstić information content (AvgIpc) is 3.48. The molecule has 1 unspecified atom stereocenters. The lowest BCUT2D eigenvalue weighted by atomic mass is 9.79. The SMILES string of the molecule is C#CC=CC1=C(C)Cc2ccccc2N1c1ccc2c(c1)C(C)(C)c1cc(C=Cc3cccc4c(CC5Cc6ccccc6CCc6ccccc65)cccc34)ccc1-2. The smallest absolute Gasteiger partial charge is 0.0496 e. The molecule has 2 aliphatic carbocycles. The molecule has 7 aromatic carbocycles. The second kappa shape index (κ2) is 15.0. The molecular weight excluding hydrogens is 711 g/mol. The fraction of sp³-hybridized carbons (Fsp3) is 0.172. The number of hydrogen-bond acceptors (Lipinski definition) is 1. The van der Waals surface area contributed by atoms with E-state index < -0.39 is 0 Å². The summed E-state index contributed by atoms with van der Waals surface area (Å²) in [5.41, 5.74) is 21.2. The summed E-state index contributed by atoms with van der Waals surface area (Å²) in [7, 11) is 0. The Morgan fingerprint density at radius 3 is 2.20 bits per heavy atom. The van der Waals surface area contributed by atoms with Gasteiger partial charge in [-0.25, -0.2) is 0 Å². The number of fused-ring (bicyclic) bond motifs is 7. The van der Waals surface area contributed by atoms with E-state index in [0.717, 1.165) is 43.5 Å². The van der Waals surface area contributed by atoms with Crippen LogP contribution in [0.2, 0.25) is 0 Å². The Bertz CT molecular complexity index is 2920. The maximum Gasteiger partial charge on any atom is 0.0496 e. The largest absolute Gasteiger partial charge is 0.310 e. The summed E-state index contributed by atoms with van der Waals surface area (Å²) in [5.74, 6) is 3.14. The first kappa shape index (κ1) is 36.7. The first-order valence-electron chi connectivity index (χ1n) is 21.2. The van der Waals surface area contributed by atoms with Gasteiger partial charge in [0.05, 0.1) is 0 Å². The third-order valence-corrected chi connectivity index (χ3v) is 13.4. The van der Waals surface area contributed by atoms with E-state index in [1.54, 1.807) is 0 Å². The highest BCUT2D eigenvalue weighted by Crippen LogP contribution is 2.51. The Hall–Kier alpha value is -6.62. The number of terminal acetylenes is 1. The van der Waals surface area contributed by atoms with Gasteiger partial charge in [-0.3, -0.25) is 0 Å². The van der Waals surface area contributed by atoms with Crippen molar-refractivity contribution in [1.29, 1.82) is 0 Å². The topological polar surface area (TPSA) is 3.24 Å². The van der Waals surface area contributed by atoms with Crippen LogP contribution in [0.15, 0.2) is 169 Å². The number of aryl methyl sites for hydroxylation is 2. The third-order valence-electron chi connectivity index (χ3n) is 13.4. The van der Waals surface area contributed by atoms with E-state index in [-0.39, 0.29) is 5.41 Å². The predicted molar refractivity (Wildman–Crippen MR) is 250 cm³/mol. The minimum atomic E-state index is -0.169. The van der Waals surface area contributed by atoms with Crippen LogP contribution in [0, 0.1) is 12.3 Å². The number of nitrogens with zero attached hydrogens (tertiary/aromatic N) is 1. The second-order valence-electron chi connectivity index (χ2n) is 17.2. The van der Waals surface area contributed by atoms with Crippen molar-refractivity contribution in [2.24, 2.45) is 0 Å². The molecule has 0 aromatic heterocycles. The fourth-order valence-electron chi connectivity index (χ4n) is 10.3. The third kappa shape index (κ3) is 6.54. The molecule has 1 atom stereocenters. The van der Waals surface area contributed by atoms with E-state index in [1.807, 2.05) is 6.08 Å². The van der Waals surface area contributed by atoms with Gasteiger partial charge >= 0.3 is 0 Å². The predicted octanol–water partition coefficient (Wildman–Crippen LogP) is 14.1. The minimum Gasteiger partial charge on any atom is -0.310 e. The molecule has 0 saturated heterocycles. The van der Waals surface area contributed by atoms with Crippen molar-refractivity contribution in [2.45, 2.75) is 64.2 Å². The molecule has 0 amide bonds. The van der Waals surface area contributed by atoms with Crippen LogP contribution in [0.1, 0.15) is 82.3 Å². The first-order valence-corrected chi connectivity index (χ1v) is 21.2. The van der Waals surface area contributed by atoms with Crippen LogP contribution in [-0.4, -0.2) is 0 Å². The Morgan fingerprint density at radius 2 is 1.36 bits per heavy atom. The fourth-order valence-corrected chi connectivity index (χ4v) is 10.3. The zero-order chi connectivity index (χ0) is 40.1. The molecule has 59 heavy (non-hydrogen) atoms. The van der Waals surface area contributed by atoms with Gasteiger partial charge in [0, 0.05) is 22.5 Å². The number of allylic oxidation sites excluding steroid dienone is 3. The summed E-state index contributed by atoms with van der Waals surface area (Å²) in [6.07, 6.45) is 19.4. The van der Waals surface area contributed by atoms with E-state index in [9.17, 15) is 0 Å². The van der Waals surface area contributed by atoms with Gasteiger partial charge in [-0.1, -0.05) is 159 Å². The summed E-state index contributed by atoms with van der Waals surface area (Å²) in [4.78, 5) is 2.39. The molecule has 1 heterocycles. The molecule has 1 heteroatoms. The van der Waals surface area contributed by atoms with Gasteiger partial charge in [0.1, 0.15) is 0 Å². The van der Waals surface area contributed by atoms with Crippen molar-refractivity contribution < 1.29 is 0 Å². The van der Waals surface area contributed by atoms with Crippen molar-refractivity contribution in [3.05, 3.63) is 225 Å². The lowest BCUT2D eigenvalue weighted by Gasteiger charge is -2.34. The van der Waals surface area contributed by atoms with Gasteiger partial charge in [0.15, 0.2) is 0 Å². The van der Waals surface area contributed by atoms with E-state index >= 15 is 0 Å². The van der Waals surface area contributed by atoms with Crippen molar-refractivity contribution in [1.82, 2.24) is 0 Å². The molecule has 0 saturated carbocycles. The molecule has 10 rings (SSSR count). The molecule has 1 nitrogen and oxygen atoms in total. The molecule has 1 aliphatic heterocycles. The average molecular weight is 760 g/mol. The van der Waals surface area contributed by atoms with E-state index in [0.29, 0.717) is 5.92 Å².